The van der Waals surface area contributed by atoms with E-state index in [0.717, 1.165) is 5.92 Å². The normalized spacial score (nSPS) is 9.50. The molecular formula is C14H24. The van der Waals surface area contributed by atoms with Crippen LogP contribution in [-0.4, -0.2) is 0 Å². The molecule has 0 amide bonds. The highest BCUT2D eigenvalue weighted by Crippen LogP contribution is 2.10. The zero-order valence-corrected chi connectivity index (χ0v) is 10.1. The molecule has 0 unspecified atom stereocenters. The van der Waals surface area contributed by atoms with Crippen LogP contribution in [0, 0.1) is 12.8 Å². The topological polar surface area (TPSA) is 0 Å². The van der Waals surface area contributed by atoms with Crippen LogP contribution in [0.3, 0.4) is 0 Å². The summed E-state index contributed by atoms with van der Waals surface area (Å²) in [5.41, 5.74) is 1.32. The lowest BCUT2D eigenvalue weighted by atomic mass is 10.0. The monoisotopic (exact) mass is 192 g/mol. The summed E-state index contributed by atoms with van der Waals surface area (Å²) in [6.45, 7) is 8.87. The SMILES string of the molecule is CCC(CC)CC.Cc1ccccc1. The maximum atomic E-state index is 2.26. The summed E-state index contributed by atoms with van der Waals surface area (Å²) in [4.78, 5) is 0. The van der Waals surface area contributed by atoms with Gasteiger partial charge >= 0.3 is 0 Å². The summed E-state index contributed by atoms with van der Waals surface area (Å²) < 4.78 is 0. The summed E-state index contributed by atoms with van der Waals surface area (Å²) in [5.74, 6) is 0.986. The average molecular weight is 192 g/mol. The third kappa shape index (κ3) is 6.71. The first-order valence-corrected chi connectivity index (χ1v) is 5.76. The van der Waals surface area contributed by atoms with Crippen LogP contribution in [0.15, 0.2) is 30.3 Å². The van der Waals surface area contributed by atoms with Crippen molar-refractivity contribution in [3.8, 4) is 0 Å². The third-order valence-corrected chi connectivity index (χ3v) is 2.67. The van der Waals surface area contributed by atoms with Crippen LogP contribution in [0.4, 0.5) is 0 Å². The highest BCUT2D eigenvalue weighted by atomic mass is 14.0. The Balaban J connectivity index is 0.000000241. The maximum Gasteiger partial charge on any atom is -0.0398 e. The molecule has 0 bridgehead atoms. The van der Waals surface area contributed by atoms with Gasteiger partial charge < -0.3 is 0 Å². The van der Waals surface area contributed by atoms with Crippen molar-refractivity contribution in [3.63, 3.8) is 0 Å². The fraction of sp³-hybridized carbons (Fsp3) is 0.571. The van der Waals surface area contributed by atoms with Crippen molar-refractivity contribution in [2.75, 3.05) is 0 Å². The predicted octanol–water partition coefficient (Wildman–Crippen LogP) is 4.83. The first-order valence-electron chi connectivity index (χ1n) is 5.76. The molecule has 0 spiro atoms. The van der Waals surface area contributed by atoms with E-state index in [1.54, 1.807) is 0 Å². The van der Waals surface area contributed by atoms with Crippen LogP contribution >= 0.6 is 0 Å². The zero-order chi connectivity index (χ0) is 10.8. The Hall–Kier alpha value is -0.780. The van der Waals surface area contributed by atoms with Crippen LogP contribution in [0.5, 0.6) is 0 Å². The van der Waals surface area contributed by atoms with Gasteiger partial charge in [0.05, 0.1) is 0 Å². The highest BCUT2D eigenvalue weighted by Gasteiger charge is 1.95. The predicted molar refractivity (Wildman–Crippen MR) is 65.5 cm³/mol. The lowest BCUT2D eigenvalue weighted by molar-refractivity contribution is 0.477. The Morgan fingerprint density at radius 2 is 1.29 bits per heavy atom. The van der Waals surface area contributed by atoms with E-state index in [9.17, 15) is 0 Å². The van der Waals surface area contributed by atoms with Gasteiger partial charge in [0.2, 0.25) is 0 Å². The second-order valence-corrected chi connectivity index (χ2v) is 3.75. The standard InChI is InChI=1S/C7H8.C7H16/c1-7-5-3-2-4-6-7;1-4-7(5-2)6-3/h2-6H,1H3;7H,4-6H2,1-3H3. The molecule has 0 nitrogen and oxygen atoms in total. The number of hydrogen-bond donors (Lipinski definition) is 0. The summed E-state index contributed by atoms with van der Waals surface area (Å²) in [6.07, 6.45) is 4.06. The fourth-order valence-electron chi connectivity index (χ4n) is 1.40. The number of hydrogen-bond acceptors (Lipinski definition) is 0. The molecule has 0 N–H and O–H groups in total. The van der Waals surface area contributed by atoms with E-state index in [0.29, 0.717) is 0 Å². The lowest BCUT2D eigenvalue weighted by Crippen LogP contribution is -1.91. The van der Waals surface area contributed by atoms with Crippen molar-refractivity contribution in [1.29, 1.82) is 0 Å². The number of benzene rings is 1. The van der Waals surface area contributed by atoms with Crippen molar-refractivity contribution in [2.45, 2.75) is 47.0 Å². The van der Waals surface area contributed by atoms with Gasteiger partial charge in [-0.05, 0) is 12.8 Å². The molecule has 1 rings (SSSR count). The highest BCUT2D eigenvalue weighted by molar-refractivity contribution is 5.11. The summed E-state index contributed by atoms with van der Waals surface area (Å²) >= 11 is 0. The molecule has 0 atom stereocenters. The van der Waals surface area contributed by atoms with E-state index >= 15 is 0 Å². The summed E-state index contributed by atoms with van der Waals surface area (Å²) in [7, 11) is 0. The van der Waals surface area contributed by atoms with Gasteiger partial charge in [-0.3, -0.25) is 0 Å². The number of rotatable bonds is 3. The largest absolute Gasteiger partial charge is 0.0651 e. The smallest absolute Gasteiger partial charge is 0.0398 e. The van der Waals surface area contributed by atoms with Gasteiger partial charge in [0.1, 0.15) is 0 Å². The Bertz CT molecular complexity index is 191. The van der Waals surface area contributed by atoms with Crippen molar-refractivity contribution in [2.24, 2.45) is 5.92 Å². The van der Waals surface area contributed by atoms with Crippen LogP contribution in [0.2, 0.25) is 0 Å². The Labute approximate surface area is 89.4 Å². The maximum absolute atomic E-state index is 2.26. The molecule has 0 fully saturated rings. The zero-order valence-electron chi connectivity index (χ0n) is 10.1. The Kier molecular flexibility index (Phi) is 8.31. The molecule has 0 heteroatoms. The quantitative estimate of drug-likeness (QED) is 0.643. The van der Waals surface area contributed by atoms with Gasteiger partial charge in [0.15, 0.2) is 0 Å². The molecule has 0 aliphatic heterocycles. The molecule has 0 aliphatic carbocycles. The minimum atomic E-state index is 0.986. The van der Waals surface area contributed by atoms with Crippen molar-refractivity contribution in [3.05, 3.63) is 35.9 Å². The molecular weight excluding hydrogens is 168 g/mol. The van der Waals surface area contributed by atoms with E-state index in [1.807, 2.05) is 18.2 Å². The summed E-state index contributed by atoms with van der Waals surface area (Å²) in [5, 5.41) is 0. The van der Waals surface area contributed by atoms with E-state index < -0.39 is 0 Å². The molecule has 0 aliphatic rings. The Morgan fingerprint density at radius 3 is 1.43 bits per heavy atom. The minimum Gasteiger partial charge on any atom is -0.0651 e. The first-order chi connectivity index (χ1) is 6.74. The van der Waals surface area contributed by atoms with Gasteiger partial charge in [-0.25, -0.2) is 0 Å². The minimum absolute atomic E-state index is 0.986. The van der Waals surface area contributed by atoms with Crippen LogP contribution in [0.25, 0.3) is 0 Å². The molecule has 1 aromatic carbocycles. The van der Waals surface area contributed by atoms with Crippen molar-refractivity contribution < 1.29 is 0 Å². The van der Waals surface area contributed by atoms with E-state index in [1.165, 1.54) is 24.8 Å². The molecule has 0 saturated heterocycles. The van der Waals surface area contributed by atoms with Crippen molar-refractivity contribution >= 4 is 0 Å². The molecule has 14 heavy (non-hydrogen) atoms. The van der Waals surface area contributed by atoms with Crippen LogP contribution < -0.4 is 0 Å². The molecule has 1 aromatic rings. The lowest BCUT2D eigenvalue weighted by Gasteiger charge is -2.05. The molecule has 0 radical (unpaired) electrons. The molecule has 0 aromatic heterocycles. The second-order valence-electron chi connectivity index (χ2n) is 3.75. The van der Waals surface area contributed by atoms with Gasteiger partial charge in [0, 0.05) is 0 Å². The molecule has 0 saturated carbocycles. The summed E-state index contributed by atoms with van der Waals surface area (Å²) in [6, 6.07) is 10.3. The van der Waals surface area contributed by atoms with Gasteiger partial charge in [-0.1, -0.05) is 75.9 Å². The Morgan fingerprint density at radius 1 is 0.857 bits per heavy atom. The molecule has 0 heterocycles. The molecule has 80 valence electrons. The first kappa shape index (κ1) is 13.2. The van der Waals surface area contributed by atoms with E-state index in [4.69, 9.17) is 0 Å². The van der Waals surface area contributed by atoms with Gasteiger partial charge in [-0.2, -0.15) is 0 Å². The third-order valence-electron chi connectivity index (χ3n) is 2.67. The van der Waals surface area contributed by atoms with Crippen LogP contribution in [-0.2, 0) is 0 Å². The number of aryl methyl sites for hydroxylation is 1. The second kappa shape index (κ2) is 8.80. The van der Waals surface area contributed by atoms with E-state index in [-0.39, 0.29) is 0 Å². The van der Waals surface area contributed by atoms with Gasteiger partial charge in [-0.15, -0.1) is 0 Å². The van der Waals surface area contributed by atoms with Crippen molar-refractivity contribution in [1.82, 2.24) is 0 Å². The average Bonchev–Trinajstić information content (AvgIpc) is 2.22. The van der Waals surface area contributed by atoms with E-state index in [2.05, 4.69) is 39.8 Å². The van der Waals surface area contributed by atoms with Gasteiger partial charge in [0.25, 0.3) is 0 Å². The van der Waals surface area contributed by atoms with Crippen LogP contribution in [0.1, 0.15) is 45.6 Å². The fourth-order valence-corrected chi connectivity index (χ4v) is 1.40.